The molecule has 0 aliphatic carbocycles. The first kappa shape index (κ1) is 17.6. The Kier molecular flexibility index (Phi) is 8.45. The highest BCUT2D eigenvalue weighted by Gasteiger charge is 2.22. The minimum atomic E-state index is -2.49. The monoisotopic (exact) mass is 299 g/mol. The van der Waals surface area contributed by atoms with E-state index in [0.29, 0.717) is 5.92 Å². The zero-order chi connectivity index (χ0) is 12.8. The van der Waals surface area contributed by atoms with Gasteiger partial charge in [-0.05, 0) is 37.8 Å². The summed E-state index contributed by atoms with van der Waals surface area (Å²) in [6.07, 6.45) is 2.05. The number of carbonyl (C=O) groups excluding carboxylic acids is 1. The van der Waals surface area contributed by atoms with Crippen LogP contribution in [-0.4, -0.2) is 38.8 Å². The lowest BCUT2D eigenvalue weighted by Gasteiger charge is -2.32. The van der Waals surface area contributed by atoms with Crippen LogP contribution in [-0.2, 0) is 11.3 Å². The maximum absolute atomic E-state index is 10.9. The lowest BCUT2D eigenvalue weighted by molar-refractivity contribution is 0.193. The van der Waals surface area contributed by atoms with Gasteiger partial charge >= 0.3 is 6.03 Å². The smallest absolute Gasteiger partial charge is 0.327 e. The van der Waals surface area contributed by atoms with E-state index in [1.165, 1.54) is 0 Å². The number of hydrogen-bond donors (Lipinski definition) is 3. The Bertz CT molecular complexity index is 289. The predicted octanol–water partition coefficient (Wildman–Crippen LogP) is -0.277. The molecule has 1 aliphatic heterocycles. The second-order valence-corrected chi connectivity index (χ2v) is 5.19. The summed E-state index contributed by atoms with van der Waals surface area (Å²) >= 11 is -2.49. The average Bonchev–Trinajstić information content (AvgIpc) is 2.28. The van der Waals surface area contributed by atoms with Crippen LogP contribution in [0, 0.1) is 11.8 Å². The Labute approximate surface area is 116 Å². The topological polar surface area (TPSA) is 111 Å². The van der Waals surface area contributed by atoms with Gasteiger partial charge in [-0.25, -0.2) is 4.79 Å². The molecule has 9 heteroatoms. The summed E-state index contributed by atoms with van der Waals surface area (Å²) in [6, 6.07) is -0.869. The molecule has 1 rings (SSSR count). The van der Waals surface area contributed by atoms with Gasteiger partial charge in [-0.2, -0.15) is 0 Å². The van der Waals surface area contributed by atoms with Gasteiger partial charge in [0.25, 0.3) is 0 Å². The zero-order valence-corrected chi connectivity index (χ0v) is 11.9. The molecule has 2 atom stereocenters. The van der Waals surface area contributed by atoms with E-state index in [-0.39, 0.29) is 24.9 Å². The Morgan fingerprint density at radius 3 is 2.61 bits per heavy atom. The summed E-state index contributed by atoms with van der Waals surface area (Å²) in [5.74, 6) is 0.652. The van der Waals surface area contributed by atoms with E-state index in [1.54, 1.807) is 0 Å². The van der Waals surface area contributed by atoms with Gasteiger partial charge in [0, 0.05) is 17.8 Å². The van der Waals surface area contributed by atoms with Crippen molar-refractivity contribution < 1.29 is 13.6 Å². The molecule has 108 valence electrons. The van der Waals surface area contributed by atoms with Crippen molar-refractivity contribution in [1.29, 1.82) is 0 Å². The third kappa shape index (κ3) is 5.96. The molecule has 1 saturated heterocycles. The second kappa shape index (κ2) is 8.65. The lowest BCUT2D eigenvalue weighted by Crippen LogP contribution is -2.48. The van der Waals surface area contributed by atoms with Gasteiger partial charge in [-0.1, -0.05) is 6.92 Å². The molecule has 1 aliphatic rings. The van der Waals surface area contributed by atoms with Gasteiger partial charge in [-0.3, -0.25) is 9.63 Å². The standard InChI is InChI=1S/C9H20N4O3S.ClH/c1-7(8-2-4-11-5-3-8)6-13(17(15)16)12-9(10)14;/h7-8,11H,2-6H2,1H3,(H,15,16)(H3,10,12,14);1H/p-1. The number of rotatable bonds is 5. The number of piperidine rings is 1. The number of urea groups is 1. The fourth-order valence-electron chi connectivity index (χ4n) is 2.09. The van der Waals surface area contributed by atoms with Gasteiger partial charge < -0.3 is 15.6 Å². The number of hydrazine groups is 1. The number of amides is 2. The van der Waals surface area contributed by atoms with Crippen LogP contribution in [0.2, 0.25) is 0 Å². The van der Waals surface area contributed by atoms with Crippen LogP contribution in [0.25, 0.3) is 0 Å². The predicted molar refractivity (Wildman–Crippen MR) is 70.4 cm³/mol. The first-order valence-corrected chi connectivity index (χ1v) is 6.67. The molecule has 2 amide bonds. The summed E-state index contributed by atoms with van der Waals surface area (Å²) in [7, 11) is 0. The van der Waals surface area contributed by atoms with E-state index < -0.39 is 17.3 Å². The molecule has 2 unspecified atom stereocenters. The van der Waals surface area contributed by atoms with E-state index in [2.05, 4.69) is 10.7 Å². The van der Waals surface area contributed by atoms with Gasteiger partial charge in [0.1, 0.15) is 0 Å². The molecule has 0 aromatic carbocycles. The van der Waals surface area contributed by atoms with Crippen LogP contribution >= 0.6 is 12.4 Å². The van der Waals surface area contributed by atoms with Crippen molar-refractivity contribution in [2.75, 3.05) is 19.6 Å². The van der Waals surface area contributed by atoms with Crippen molar-refractivity contribution in [1.82, 2.24) is 15.2 Å². The molecular weight excluding hydrogens is 280 g/mol. The summed E-state index contributed by atoms with van der Waals surface area (Å²) in [5.41, 5.74) is 7.00. The molecule has 1 heterocycles. The molecular formula is C9H20ClN4O3S-. The Hall–Kier alpha value is -0.410. The molecule has 0 bridgehead atoms. The lowest BCUT2D eigenvalue weighted by atomic mass is 9.86. The number of primary amides is 1. The highest BCUT2D eigenvalue weighted by Crippen LogP contribution is 2.22. The third-order valence-electron chi connectivity index (χ3n) is 3.06. The maximum atomic E-state index is 10.9. The van der Waals surface area contributed by atoms with Gasteiger partial charge in [0.05, 0.1) is 0 Å². The van der Waals surface area contributed by atoms with Crippen LogP contribution in [0.1, 0.15) is 19.8 Å². The molecule has 0 aromatic heterocycles. The van der Waals surface area contributed by atoms with Crippen molar-refractivity contribution in [2.45, 2.75) is 19.8 Å². The average molecular weight is 300 g/mol. The minimum Gasteiger partial charge on any atom is -0.758 e. The maximum Gasteiger partial charge on any atom is 0.327 e. The fraction of sp³-hybridized carbons (Fsp3) is 0.889. The second-order valence-electron chi connectivity index (χ2n) is 4.32. The highest BCUT2D eigenvalue weighted by atomic mass is 35.5. The number of nitrogens with zero attached hydrogens (tertiary/aromatic N) is 1. The fourth-order valence-corrected chi connectivity index (χ4v) is 2.61. The number of carbonyl (C=O) groups is 1. The Morgan fingerprint density at radius 1 is 1.61 bits per heavy atom. The summed E-state index contributed by atoms with van der Waals surface area (Å²) in [6.45, 7) is 4.15. The van der Waals surface area contributed by atoms with Gasteiger partial charge in [0.15, 0.2) is 0 Å². The molecule has 1 fully saturated rings. The van der Waals surface area contributed by atoms with Crippen LogP contribution in [0.5, 0.6) is 0 Å². The highest BCUT2D eigenvalue weighted by molar-refractivity contribution is 7.76. The zero-order valence-electron chi connectivity index (χ0n) is 10.3. The van der Waals surface area contributed by atoms with E-state index in [1.807, 2.05) is 6.92 Å². The molecule has 4 N–H and O–H groups in total. The number of halogens is 1. The van der Waals surface area contributed by atoms with Crippen molar-refractivity contribution in [2.24, 2.45) is 17.6 Å². The summed E-state index contributed by atoms with van der Waals surface area (Å²) in [4.78, 5) is 10.7. The quantitative estimate of drug-likeness (QED) is 0.479. The minimum absolute atomic E-state index is 0. The van der Waals surface area contributed by atoms with Crippen molar-refractivity contribution >= 4 is 29.7 Å². The molecule has 7 nitrogen and oxygen atoms in total. The van der Waals surface area contributed by atoms with Crippen molar-refractivity contribution in [3.63, 3.8) is 0 Å². The van der Waals surface area contributed by atoms with Crippen LogP contribution in [0.3, 0.4) is 0 Å². The summed E-state index contributed by atoms with van der Waals surface area (Å²) < 4.78 is 22.6. The third-order valence-corrected chi connectivity index (χ3v) is 3.66. The van der Waals surface area contributed by atoms with E-state index in [4.69, 9.17) is 5.73 Å². The van der Waals surface area contributed by atoms with Crippen LogP contribution < -0.4 is 16.5 Å². The molecule has 0 spiro atoms. The number of hydrogen-bond acceptors (Lipinski definition) is 4. The van der Waals surface area contributed by atoms with Crippen molar-refractivity contribution in [3.05, 3.63) is 0 Å². The first-order valence-electron chi connectivity index (χ1n) is 5.64. The first-order chi connectivity index (χ1) is 8.00. The normalized spacial score (nSPS) is 19.9. The van der Waals surface area contributed by atoms with E-state index in [0.717, 1.165) is 30.3 Å². The van der Waals surface area contributed by atoms with Crippen LogP contribution in [0.15, 0.2) is 0 Å². The Balaban J connectivity index is 0.00000289. The molecule has 18 heavy (non-hydrogen) atoms. The van der Waals surface area contributed by atoms with E-state index >= 15 is 0 Å². The van der Waals surface area contributed by atoms with Gasteiger partial charge in [0.2, 0.25) is 0 Å². The van der Waals surface area contributed by atoms with E-state index in [9.17, 15) is 13.6 Å². The SMILES string of the molecule is CC(CN(NC(N)=O)S(=O)[O-])C1CCNCC1.Cl. The summed E-state index contributed by atoms with van der Waals surface area (Å²) in [5, 5.41) is 3.25. The Morgan fingerprint density at radius 2 is 2.17 bits per heavy atom. The largest absolute Gasteiger partial charge is 0.758 e. The van der Waals surface area contributed by atoms with Crippen LogP contribution in [0.4, 0.5) is 4.79 Å². The van der Waals surface area contributed by atoms with Gasteiger partial charge in [-0.15, -0.1) is 16.8 Å². The molecule has 0 saturated carbocycles. The molecule has 0 radical (unpaired) electrons. The number of nitrogens with one attached hydrogen (secondary N) is 2. The van der Waals surface area contributed by atoms with Crippen molar-refractivity contribution in [3.8, 4) is 0 Å². The number of nitrogens with two attached hydrogens (primary N) is 1. The molecule has 0 aromatic rings.